The number of hydrogen-bond acceptors (Lipinski definition) is 1. The van der Waals surface area contributed by atoms with Gasteiger partial charge in [0.1, 0.15) is 0 Å². The van der Waals surface area contributed by atoms with Crippen molar-refractivity contribution >= 4 is 50.9 Å². The van der Waals surface area contributed by atoms with Gasteiger partial charge in [-0.05, 0) is 66.8 Å². The summed E-state index contributed by atoms with van der Waals surface area (Å²) in [5.41, 5.74) is 10.2. The van der Waals surface area contributed by atoms with Gasteiger partial charge in [0.2, 0.25) is 5.91 Å². The molecule has 1 saturated carbocycles. The number of hydrogen-bond donors (Lipinski definition) is 1. The van der Waals surface area contributed by atoms with Gasteiger partial charge in [-0.2, -0.15) is 0 Å². The lowest BCUT2D eigenvalue weighted by molar-refractivity contribution is 0.100. The van der Waals surface area contributed by atoms with Crippen molar-refractivity contribution in [2.45, 2.75) is 38.6 Å². The molecule has 1 radical (unpaired) electrons. The molecule has 2 N–H and O–H groups in total. The van der Waals surface area contributed by atoms with Crippen LogP contribution in [0, 0.1) is 12.0 Å². The third-order valence-corrected chi connectivity index (χ3v) is 7.02. The third kappa shape index (κ3) is 3.71. The summed E-state index contributed by atoms with van der Waals surface area (Å²) in [5, 5.41) is 3.02. The van der Waals surface area contributed by atoms with E-state index in [9.17, 15) is 4.79 Å². The highest BCUT2D eigenvalue weighted by molar-refractivity contribution is 6.36. The number of nitrogens with two attached hydrogens (primary N) is 1. The molecule has 3 nitrogen and oxygen atoms in total. The Kier molecular flexibility index (Phi) is 5.41. The van der Waals surface area contributed by atoms with Crippen LogP contribution in [-0.4, -0.2) is 10.5 Å². The molecule has 0 bridgehead atoms. The van der Waals surface area contributed by atoms with Crippen LogP contribution in [-0.2, 0) is 6.54 Å². The van der Waals surface area contributed by atoms with Crippen LogP contribution in [0.2, 0.25) is 10.0 Å². The smallest absolute Gasteiger partial charge is 0.249 e. The maximum absolute atomic E-state index is 12.2. The zero-order valence-electron chi connectivity index (χ0n) is 17.1. The summed E-state index contributed by atoms with van der Waals surface area (Å²) in [4.78, 5) is 12.2. The van der Waals surface area contributed by atoms with E-state index in [2.05, 4.69) is 22.8 Å². The number of fused-ring (bicyclic) bond motifs is 3. The molecule has 1 aliphatic rings. The lowest BCUT2D eigenvalue weighted by Crippen LogP contribution is -2.14. The number of carbonyl (C=O) groups excluding carboxylic acids is 1. The number of halogens is 2. The summed E-state index contributed by atoms with van der Waals surface area (Å²) in [5.74, 6) is 0.216. The van der Waals surface area contributed by atoms with Crippen LogP contribution >= 0.6 is 23.2 Å². The average molecular weight is 450 g/mol. The second kappa shape index (κ2) is 8.22. The van der Waals surface area contributed by atoms with Crippen molar-refractivity contribution in [2.75, 3.05) is 0 Å². The molecular weight excluding hydrogens is 427 g/mol. The van der Waals surface area contributed by atoms with Gasteiger partial charge in [0.25, 0.3) is 0 Å². The maximum atomic E-state index is 12.2. The average Bonchev–Trinajstić information content (AvgIpc) is 3.07. The number of carbonyl (C=O) groups is 1. The molecule has 157 valence electrons. The first kappa shape index (κ1) is 20.4. The minimum absolute atomic E-state index is 0.416. The fourth-order valence-corrected chi connectivity index (χ4v) is 5.48. The molecule has 1 amide bonds. The Morgan fingerprint density at radius 3 is 2.61 bits per heavy atom. The van der Waals surface area contributed by atoms with Gasteiger partial charge in [-0.25, -0.2) is 0 Å². The zero-order chi connectivity index (χ0) is 21.5. The summed E-state index contributed by atoms with van der Waals surface area (Å²) < 4.78 is 2.34. The lowest BCUT2D eigenvalue weighted by atomic mass is 9.89. The molecule has 0 saturated heterocycles. The fraction of sp³-hybridized carbons (Fsp3) is 0.269. The topological polar surface area (TPSA) is 48.0 Å². The molecule has 0 unspecified atom stereocenters. The van der Waals surface area contributed by atoms with Crippen LogP contribution < -0.4 is 5.73 Å². The Morgan fingerprint density at radius 2 is 1.87 bits per heavy atom. The molecule has 3 aromatic carbocycles. The molecule has 0 atom stereocenters. The van der Waals surface area contributed by atoms with E-state index < -0.39 is 5.91 Å². The van der Waals surface area contributed by atoms with E-state index in [0.29, 0.717) is 21.5 Å². The van der Waals surface area contributed by atoms with Gasteiger partial charge in [-0.3, -0.25) is 4.79 Å². The number of benzene rings is 3. The van der Waals surface area contributed by atoms with Crippen LogP contribution in [0.15, 0.2) is 48.5 Å². The predicted octanol–water partition coefficient (Wildman–Crippen LogP) is 7.25. The van der Waals surface area contributed by atoms with Crippen molar-refractivity contribution in [1.29, 1.82) is 0 Å². The van der Waals surface area contributed by atoms with Crippen molar-refractivity contribution in [3.8, 4) is 11.1 Å². The SMILES string of the molecule is NC(=O)c1cccc2c1c1[c]cc(-c3ccc(Cl)cc3Cl)cc1n2CC1CCCCC1. The van der Waals surface area contributed by atoms with E-state index in [1.54, 1.807) is 12.1 Å². The molecule has 0 spiro atoms. The van der Waals surface area contributed by atoms with Crippen LogP contribution in [0.1, 0.15) is 42.5 Å². The van der Waals surface area contributed by atoms with Gasteiger partial charge >= 0.3 is 0 Å². The van der Waals surface area contributed by atoms with Gasteiger partial charge in [-0.15, -0.1) is 0 Å². The molecule has 1 aliphatic carbocycles. The lowest BCUT2D eigenvalue weighted by Gasteiger charge is -2.23. The summed E-state index contributed by atoms with van der Waals surface area (Å²) in [6.07, 6.45) is 6.37. The van der Waals surface area contributed by atoms with Gasteiger partial charge in [0, 0.05) is 44.0 Å². The van der Waals surface area contributed by atoms with Crippen LogP contribution in [0.4, 0.5) is 0 Å². The first-order valence-corrected chi connectivity index (χ1v) is 11.5. The minimum atomic E-state index is -0.416. The van der Waals surface area contributed by atoms with E-state index in [1.165, 1.54) is 32.1 Å². The van der Waals surface area contributed by atoms with Crippen molar-refractivity contribution in [2.24, 2.45) is 11.7 Å². The molecule has 1 heterocycles. The first-order valence-electron chi connectivity index (χ1n) is 10.7. The van der Waals surface area contributed by atoms with Gasteiger partial charge in [0.05, 0.1) is 5.52 Å². The highest BCUT2D eigenvalue weighted by Crippen LogP contribution is 2.38. The van der Waals surface area contributed by atoms with E-state index in [-0.39, 0.29) is 0 Å². The summed E-state index contributed by atoms with van der Waals surface area (Å²) in [7, 11) is 0. The highest BCUT2D eigenvalue weighted by atomic mass is 35.5. The van der Waals surface area contributed by atoms with Crippen molar-refractivity contribution in [3.05, 3.63) is 70.2 Å². The normalized spacial score (nSPS) is 15.0. The van der Waals surface area contributed by atoms with Crippen LogP contribution in [0.5, 0.6) is 0 Å². The molecule has 0 aliphatic heterocycles. The monoisotopic (exact) mass is 449 g/mol. The summed E-state index contributed by atoms with van der Waals surface area (Å²) in [6.45, 7) is 0.924. The maximum Gasteiger partial charge on any atom is 0.249 e. The van der Waals surface area contributed by atoms with E-state index in [0.717, 1.165) is 39.5 Å². The predicted molar refractivity (Wildman–Crippen MR) is 129 cm³/mol. The van der Waals surface area contributed by atoms with Crippen molar-refractivity contribution in [1.82, 2.24) is 4.57 Å². The first-order chi connectivity index (χ1) is 15.0. The Balaban J connectivity index is 1.75. The Bertz CT molecular complexity index is 1300. The fourth-order valence-electron chi connectivity index (χ4n) is 4.96. The molecule has 31 heavy (non-hydrogen) atoms. The molecule has 5 rings (SSSR count). The van der Waals surface area contributed by atoms with Crippen molar-refractivity contribution in [3.63, 3.8) is 0 Å². The Morgan fingerprint density at radius 1 is 1.06 bits per heavy atom. The van der Waals surface area contributed by atoms with E-state index in [4.69, 9.17) is 28.9 Å². The second-order valence-corrected chi connectivity index (χ2v) is 9.29. The Labute approximate surface area is 191 Å². The summed E-state index contributed by atoms with van der Waals surface area (Å²) in [6, 6.07) is 18.8. The largest absolute Gasteiger partial charge is 0.366 e. The van der Waals surface area contributed by atoms with Gasteiger partial charge in [0.15, 0.2) is 0 Å². The number of rotatable bonds is 4. The zero-order valence-corrected chi connectivity index (χ0v) is 18.6. The number of nitrogens with zero attached hydrogens (tertiary/aromatic N) is 1. The molecule has 1 fully saturated rings. The van der Waals surface area contributed by atoms with Crippen LogP contribution in [0.3, 0.4) is 0 Å². The second-order valence-electron chi connectivity index (χ2n) is 8.45. The molecule has 1 aromatic heterocycles. The number of aromatic nitrogens is 1. The molecule has 5 heteroatoms. The van der Waals surface area contributed by atoms with Gasteiger partial charge < -0.3 is 10.3 Å². The van der Waals surface area contributed by atoms with E-state index in [1.807, 2.05) is 24.3 Å². The van der Waals surface area contributed by atoms with E-state index >= 15 is 0 Å². The number of primary amides is 1. The Hall–Kier alpha value is -2.49. The highest BCUT2D eigenvalue weighted by Gasteiger charge is 2.21. The summed E-state index contributed by atoms with van der Waals surface area (Å²) >= 11 is 12.6. The standard InChI is InChI=1S/C26H23Cl2N2O/c27-18-10-12-19(22(28)14-18)17-9-11-20-24(13-17)30(15-16-5-2-1-3-6-16)23-8-4-7-21(25(20)23)26(29)31/h4,7-10,12-14,16H,1-3,5-6,15H2,(H2,29,31). The van der Waals surface area contributed by atoms with Gasteiger partial charge in [-0.1, -0.05) is 54.6 Å². The third-order valence-electron chi connectivity index (χ3n) is 6.47. The van der Waals surface area contributed by atoms with Crippen molar-refractivity contribution < 1.29 is 4.79 Å². The van der Waals surface area contributed by atoms with Crippen LogP contribution in [0.25, 0.3) is 32.9 Å². The minimum Gasteiger partial charge on any atom is -0.366 e. The number of amides is 1. The molecular formula is C26H23Cl2N2O. The molecule has 4 aromatic rings. The quantitative estimate of drug-likeness (QED) is 0.350.